The van der Waals surface area contributed by atoms with E-state index in [-0.39, 0.29) is 5.69 Å². The van der Waals surface area contributed by atoms with Gasteiger partial charge >= 0.3 is 0 Å². The van der Waals surface area contributed by atoms with Gasteiger partial charge in [0.2, 0.25) is 0 Å². The first kappa shape index (κ1) is 8.67. The Morgan fingerprint density at radius 2 is 2.33 bits per heavy atom. The highest BCUT2D eigenvalue weighted by Crippen LogP contribution is 2.16. The third-order valence-electron chi connectivity index (χ3n) is 1.64. The summed E-state index contributed by atoms with van der Waals surface area (Å²) in [7, 11) is 0. The van der Waals surface area contributed by atoms with Crippen LogP contribution in [-0.2, 0) is 10.4 Å². The molecular weight excluding hydrogens is 156 g/mol. The van der Waals surface area contributed by atoms with Gasteiger partial charge in [0.1, 0.15) is 0 Å². The summed E-state index contributed by atoms with van der Waals surface area (Å²) in [4.78, 5) is 14.6. The summed E-state index contributed by atoms with van der Waals surface area (Å²) in [6.07, 6.45) is 1.49. The monoisotopic (exact) mass is 166 g/mol. The highest BCUT2D eigenvalue weighted by molar-refractivity contribution is 5.83. The molecule has 0 fully saturated rings. The fraction of sp³-hybridized carbons (Fsp3) is 0.250. The molecule has 3 N–H and O–H groups in total. The zero-order valence-electron chi connectivity index (χ0n) is 6.69. The van der Waals surface area contributed by atoms with Crippen LogP contribution >= 0.6 is 0 Å². The van der Waals surface area contributed by atoms with Gasteiger partial charge in [0, 0.05) is 6.20 Å². The molecule has 1 heterocycles. The number of nitrogens with two attached hydrogens (primary N) is 1. The fourth-order valence-electron chi connectivity index (χ4n) is 0.777. The first-order valence-corrected chi connectivity index (χ1v) is 3.49. The summed E-state index contributed by atoms with van der Waals surface area (Å²) in [5, 5.41) is 9.53. The van der Waals surface area contributed by atoms with Crippen LogP contribution in [0, 0.1) is 0 Å². The first-order valence-electron chi connectivity index (χ1n) is 3.49. The molecule has 1 amide bonds. The molecule has 1 aromatic rings. The van der Waals surface area contributed by atoms with E-state index in [1.165, 1.54) is 13.1 Å². The number of pyridine rings is 1. The Labute approximate surface area is 70.0 Å². The van der Waals surface area contributed by atoms with Crippen LogP contribution in [0.2, 0.25) is 0 Å². The molecular formula is C8H10N2O2. The Hall–Kier alpha value is -1.42. The van der Waals surface area contributed by atoms with Gasteiger partial charge in [-0.05, 0) is 19.1 Å². The third-order valence-corrected chi connectivity index (χ3v) is 1.64. The van der Waals surface area contributed by atoms with Crippen LogP contribution in [0.3, 0.4) is 0 Å². The highest BCUT2D eigenvalue weighted by atomic mass is 16.3. The van der Waals surface area contributed by atoms with Gasteiger partial charge in [0.15, 0.2) is 5.60 Å². The minimum absolute atomic E-state index is 0.262. The van der Waals surface area contributed by atoms with Crippen molar-refractivity contribution in [3.05, 3.63) is 30.1 Å². The van der Waals surface area contributed by atoms with Gasteiger partial charge in [0.25, 0.3) is 5.91 Å². The second kappa shape index (κ2) is 2.91. The fourth-order valence-corrected chi connectivity index (χ4v) is 0.777. The van der Waals surface area contributed by atoms with Gasteiger partial charge in [-0.2, -0.15) is 0 Å². The number of hydrogen-bond acceptors (Lipinski definition) is 3. The standard InChI is InChI=1S/C8H10N2O2/c1-8(12,7(9)11)6-4-2-3-5-10-6/h2-5,12H,1H3,(H2,9,11)/t8-/m1/s1. The minimum atomic E-state index is -1.68. The van der Waals surface area contributed by atoms with Crippen LogP contribution in [0.25, 0.3) is 0 Å². The van der Waals surface area contributed by atoms with Crippen molar-refractivity contribution in [3.63, 3.8) is 0 Å². The molecule has 4 nitrogen and oxygen atoms in total. The average Bonchev–Trinajstić information content (AvgIpc) is 2.06. The SMILES string of the molecule is C[C@](O)(C(N)=O)c1ccccn1. The molecule has 64 valence electrons. The van der Waals surface area contributed by atoms with Crippen molar-refractivity contribution in [3.8, 4) is 0 Å². The van der Waals surface area contributed by atoms with Crippen LogP contribution in [0.4, 0.5) is 0 Å². The maximum absolute atomic E-state index is 10.8. The molecule has 0 aliphatic carbocycles. The number of carbonyl (C=O) groups is 1. The summed E-state index contributed by atoms with van der Waals surface area (Å²) >= 11 is 0. The van der Waals surface area contributed by atoms with Crippen molar-refractivity contribution in [1.82, 2.24) is 4.98 Å². The lowest BCUT2D eigenvalue weighted by Gasteiger charge is -2.17. The van der Waals surface area contributed by atoms with Crippen LogP contribution in [-0.4, -0.2) is 16.0 Å². The minimum Gasteiger partial charge on any atom is -0.374 e. The van der Waals surface area contributed by atoms with Crippen molar-refractivity contribution < 1.29 is 9.90 Å². The molecule has 12 heavy (non-hydrogen) atoms. The van der Waals surface area contributed by atoms with Crippen molar-refractivity contribution in [2.24, 2.45) is 5.73 Å². The van der Waals surface area contributed by atoms with Gasteiger partial charge in [-0.15, -0.1) is 0 Å². The number of amides is 1. The highest BCUT2D eigenvalue weighted by Gasteiger charge is 2.30. The van der Waals surface area contributed by atoms with Crippen molar-refractivity contribution >= 4 is 5.91 Å². The van der Waals surface area contributed by atoms with E-state index in [1.807, 2.05) is 0 Å². The normalized spacial score (nSPS) is 15.2. The second-order valence-electron chi connectivity index (χ2n) is 2.65. The van der Waals surface area contributed by atoms with Crippen molar-refractivity contribution in [1.29, 1.82) is 0 Å². The molecule has 0 saturated heterocycles. The molecule has 0 aliphatic heterocycles. The summed E-state index contributed by atoms with van der Waals surface area (Å²) < 4.78 is 0. The lowest BCUT2D eigenvalue weighted by molar-refractivity contribution is -0.135. The second-order valence-corrected chi connectivity index (χ2v) is 2.65. The van der Waals surface area contributed by atoms with E-state index < -0.39 is 11.5 Å². The molecule has 0 aliphatic rings. The molecule has 0 radical (unpaired) electrons. The number of aliphatic hydroxyl groups is 1. The maximum Gasteiger partial charge on any atom is 0.255 e. The molecule has 4 heteroatoms. The number of hydrogen-bond donors (Lipinski definition) is 2. The topological polar surface area (TPSA) is 76.2 Å². The van der Waals surface area contributed by atoms with Gasteiger partial charge < -0.3 is 10.8 Å². The van der Waals surface area contributed by atoms with E-state index in [9.17, 15) is 9.90 Å². The number of carbonyl (C=O) groups excluding carboxylic acids is 1. The summed E-state index contributed by atoms with van der Waals surface area (Å²) in [5.74, 6) is -0.804. The molecule has 0 bridgehead atoms. The van der Waals surface area contributed by atoms with E-state index in [0.717, 1.165) is 0 Å². The Balaban J connectivity index is 3.06. The molecule has 0 aromatic carbocycles. The van der Waals surface area contributed by atoms with Crippen LogP contribution in [0.15, 0.2) is 24.4 Å². The predicted octanol–water partition coefficient (Wildman–Crippen LogP) is -0.226. The van der Waals surface area contributed by atoms with E-state index in [1.54, 1.807) is 18.2 Å². The van der Waals surface area contributed by atoms with Crippen molar-refractivity contribution in [2.75, 3.05) is 0 Å². The van der Waals surface area contributed by atoms with Gasteiger partial charge in [-0.25, -0.2) is 0 Å². The van der Waals surface area contributed by atoms with E-state index >= 15 is 0 Å². The first-order chi connectivity index (χ1) is 5.55. The molecule has 0 spiro atoms. The molecule has 1 atom stereocenters. The summed E-state index contributed by atoms with van der Waals surface area (Å²) in [6.45, 7) is 1.32. The molecule has 1 rings (SSSR count). The van der Waals surface area contributed by atoms with Gasteiger partial charge in [-0.3, -0.25) is 9.78 Å². The van der Waals surface area contributed by atoms with Crippen molar-refractivity contribution in [2.45, 2.75) is 12.5 Å². The molecule has 1 aromatic heterocycles. The number of primary amides is 1. The third kappa shape index (κ3) is 1.43. The summed E-state index contributed by atoms with van der Waals surface area (Å²) in [6, 6.07) is 4.92. The maximum atomic E-state index is 10.8. The summed E-state index contributed by atoms with van der Waals surface area (Å²) in [5.41, 5.74) is 3.56. The number of rotatable bonds is 2. The largest absolute Gasteiger partial charge is 0.374 e. The number of aromatic nitrogens is 1. The van der Waals surface area contributed by atoms with Gasteiger partial charge in [-0.1, -0.05) is 6.07 Å². The lowest BCUT2D eigenvalue weighted by atomic mass is 10.0. The average molecular weight is 166 g/mol. The zero-order chi connectivity index (χ0) is 9.19. The Bertz CT molecular complexity index is 282. The van der Waals surface area contributed by atoms with E-state index in [2.05, 4.69) is 4.98 Å². The van der Waals surface area contributed by atoms with Crippen LogP contribution in [0.5, 0.6) is 0 Å². The smallest absolute Gasteiger partial charge is 0.255 e. The van der Waals surface area contributed by atoms with Crippen LogP contribution < -0.4 is 5.73 Å². The quantitative estimate of drug-likeness (QED) is 0.637. The molecule has 0 saturated carbocycles. The number of nitrogens with zero attached hydrogens (tertiary/aromatic N) is 1. The van der Waals surface area contributed by atoms with E-state index in [0.29, 0.717) is 0 Å². The lowest BCUT2D eigenvalue weighted by Crippen LogP contribution is -2.38. The Morgan fingerprint density at radius 3 is 2.75 bits per heavy atom. The zero-order valence-corrected chi connectivity index (χ0v) is 6.69. The van der Waals surface area contributed by atoms with Crippen LogP contribution in [0.1, 0.15) is 12.6 Å². The Kier molecular flexibility index (Phi) is 2.10. The Morgan fingerprint density at radius 1 is 1.67 bits per heavy atom. The van der Waals surface area contributed by atoms with E-state index in [4.69, 9.17) is 5.73 Å². The van der Waals surface area contributed by atoms with Gasteiger partial charge in [0.05, 0.1) is 5.69 Å². The predicted molar refractivity (Wildman–Crippen MR) is 43.0 cm³/mol. The molecule has 0 unspecified atom stereocenters.